The summed E-state index contributed by atoms with van der Waals surface area (Å²) < 4.78 is 13.2. The first-order valence-corrected chi connectivity index (χ1v) is 4.70. The molecule has 1 aliphatic rings. The summed E-state index contributed by atoms with van der Waals surface area (Å²) in [5.74, 6) is 0.577. The smallest absolute Gasteiger partial charge is 0.133 e. The van der Waals surface area contributed by atoms with Crippen molar-refractivity contribution in [2.24, 2.45) is 5.92 Å². The average Bonchev–Trinajstić information content (AvgIpc) is 1.82. The third kappa shape index (κ3) is 1.63. The largest absolute Gasteiger partial charge is 0.292 e. The molecule has 0 aliphatic carbocycles. The van der Waals surface area contributed by atoms with Gasteiger partial charge >= 0.3 is 0 Å². The molecule has 0 aromatic heterocycles. The summed E-state index contributed by atoms with van der Waals surface area (Å²) in [4.78, 5) is 2.22. The van der Waals surface area contributed by atoms with Gasteiger partial charge in [0.2, 0.25) is 0 Å². The maximum atomic E-state index is 13.2. The number of hydrogen-bond donors (Lipinski definition) is 0. The number of rotatable bonds is 2. The molecule has 72 valence electrons. The van der Waals surface area contributed by atoms with E-state index in [1.165, 1.54) is 0 Å². The summed E-state index contributed by atoms with van der Waals surface area (Å²) in [6.07, 6.45) is 0. The van der Waals surface area contributed by atoms with Crippen LogP contribution in [0.3, 0.4) is 0 Å². The molecule has 1 heterocycles. The summed E-state index contributed by atoms with van der Waals surface area (Å²) in [5.41, 5.74) is -0.794. The lowest BCUT2D eigenvalue weighted by Crippen LogP contribution is -2.65. The van der Waals surface area contributed by atoms with Crippen LogP contribution in [0.4, 0.5) is 4.39 Å². The molecule has 1 saturated heterocycles. The fourth-order valence-corrected chi connectivity index (χ4v) is 1.52. The Balaban J connectivity index is 2.52. The summed E-state index contributed by atoms with van der Waals surface area (Å²) in [7, 11) is 0. The molecule has 0 atom stereocenters. The van der Waals surface area contributed by atoms with Crippen molar-refractivity contribution in [1.82, 2.24) is 4.90 Å². The molecule has 1 nitrogen and oxygen atoms in total. The van der Waals surface area contributed by atoms with Crippen LogP contribution in [-0.2, 0) is 0 Å². The fraction of sp³-hybridized carbons (Fsp3) is 1.00. The van der Waals surface area contributed by atoms with Gasteiger partial charge < -0.3 is 0 Å². The molecule has 0 N–H and O–H groups in total. The first-order chi connectivity index (χ1) is 5.26. The molecule has 12 heavy (non-hydrogen) atoms. The van der Waals surface area contributed by atoms with Gasteiger partial charge in [-0.15, -0.1) is 0 Å². The molecule has 0 spiro atoms. The van der Waals surface area contributed by atoms with Crippen molar-refractivity contribution >= 4 is 0 Å². The van der Waals surface area contributed by atoms with Gasteiger partial charge in [0.05, 0.1) is 0 Å². The van der Waals surface area contributed by atoms with Crippen LogP contribution in [0.15, 0.2) is 0 Å². The van der Waals surface area contributed by atoms with Crippen molar-refractivity contribution in [2.45, 2.75) is 45.8 Å². The second-order valence-electron chi connectivity index (χ2n) is 5.08. The topological polar surface area (TPSA) is 3.24 Å². The van der Waals surface area contributed by atoms with Crippen molar-refractivity contribution in [2.75, 3.05) is 13.1 Å². The minimum atomic E-state index is -0.938. The third-order valence-electron chi connectivity index (χ3n) is 3.27. The van der Waals surface area contributed by atoms with Gasteiger partial charge in [0.15, 0.2) is 0 Å². The van der Waals surface area contributed by atoms with Crippen molar-refractivity contribution in [1.29, 1.82) is 0 Å². The summed E-state index contributed by atoms with van der Waals surface area (Å²) >= 11 is 0. The Morgan fingerprint density at radius 2 is 1.75 bits per heavy atom. The molecule has 0 bridgehead atoms. The quantitative estimate of drug-likeness (QED) is 0.620. The first kappa shape index (κ1) is 9.97. The van der Waals surface area contributed by atoms with E-state index in [2.05, 4.69) is 32.6 Å². The van der Waals surface area contributed by atoms with Gasteiger partial charge in [0.1, 0.15) is 5.67 Å². The van der Waals surface area contributed by atoms with Crippen molar-refractivity contribution in [3.8, 4) is 0 Å². The van der Waals surface area contributed by atoms with Crippen molar-refractivity contribution in [3.05, 3.63) is 0 Å². The van der Waals surface area contributed by atoms with Crippen LogP contribution in [0, 0.1) is 5.92 Å². The lowest BCUT2D eigenvalue weighted by atomic mass is 9.83. The van der Waals surface area contributed by atoms with E-state index in [0.717, 1.165) is 0 Å². The predicted molar refractivity (Wildman–Crippen MR) is 50.0 cm³/mol. The van der Waals surface area contributed by atoms with E-state index in [9.17, 15) is 4.39 Å². The van der Waals surface area contributed by atoms with Gasteiger partial charge in [0.25, 0.3) is 0 Å². The SMILES string of the molecule is CC(C)C(C)(C)N1CC(C)(F)C1. The van der Waals surface area contributed by atoms with E-state index in [1.54, 1.807) is 6.92 Å². The van der Waals surface area contributed by atoms with E-state index in [0.29, 0.717) is 19.0 Å². The Labute approximate surface area is 74.9 Å². The molecule has 1 fully saturated rings. The Morgan fingerprint density at radius 3 is 2.00 bits per heavy atom. The van der Waals surface area contributed by atoms with Gasteiger partial charge in [-0.1, -0.05) is 13.8 Å². The van der Waals surface area contributed by atoms with Crippen LogP contribution in [0.5, 0.6) is 0 Å². The second-order valence-corrected chi connectivity index (χ2v) is 5.08. The molecule has 0 aromatic rings. The molecule has 0 radical (unpaired) electrons. The second kappa shape index (κ2) is 2.69. The van der Waals surface area contributed by atoms with Crippen molar-refractivity contribution in [3.63, 3.8) is 0 Å². The highest BCUT2D eigenvalue weighted by molar-refractivity contribution is 5.00. The lowest BCUT2D eigenvalue weighted by molar-refractivity contribution is -0.0892. The highest BCUT2D eigenvalue weighted by Crippen LogP contribution is 2.35. The third-order valence-corrected chi connectivity index (χ3v) is 3.27. The zero-order chi connectivity index (χ0) is 9.57. The van der Waals surface area contributed by atoms with Gasteiger partial charge in [-0.05, 0) is 26.7 Å². The van der Waals surface area contributed by atoms with E-state index in [1.807, 2.05) is 0 Å². The normalized spacial score (nSPS) is 24.2. The summed E-state index contributed by atoms with van der Waals surface area (Å²) in [6, 6.07) is 0. The molecule has 0 amide bonds. The van der Waals surface area contributed by atoms with Gasteiger partial charge in [0, 0.05) is 18.6 Å². The number of likely N-dealkylation sites (tertiary alicyclic amines) is 1. The van der Waals surface area contributed by atoms with Gasteiger partial charge in [-0.2, -0.15) is 0 Å². The maximum absolute atomic E-state index is 13.2. The number of hydrogen-bond acceptors (Lipinski definition) is 1. The molecule has 0 unspecified atom stereocenters. The van der Waals surface area contributed by atoms with Crippen LogP contribution >= 0.6 is 0 Å². The molecule has 0 aromatic carbocycles. The zero-order valence-electron chi connectivity index (χ0n) is 8.82. The minimum absolute atomic E-state index is 0.144. The van der Waals surface area contributed by atoms with Crippen LogP contribution in [-0.4, -0.2) is 29.2 Å². The van der Waals surface area contributed by atoms with Crippen LogP contribution < -0.4 is 0 Å². The summed E-state index contributed by atoms with van der Waals surface area (Å²) in [6.45, 7) is 11.6. The van der Waals surface area contributed by atoms with Crippen LogP contribution in [0.1, 0.15) is 34.6 Å². The van der Waals surface area contributed by atoms with Gasteiger partial charge in [-0.25, -0.2) is 4.39 Å². The minimum Gasteiger partial charge on any atom is -0.292 e. The Bertz CT molecular complexity index is 165. The monoisotopic (exact) mass is 173 g/mol. The molecular weight excluding hydrogens is 153 g/mol. The van der Waals surface area contributed by atoms with E-state index >= 15 is 0 Å². The standard InChI is InChI=1S/C10H20FN/c1-8(2)9(3,4)12-6-10(5,11)7-12/h8H,6-7H2,1-5H3. The Kier molecular flexibility index (Phi) is 2.24. The molecule has 1 rings (SSSR count). The first-order valence-electron chi connectivity index (χ1n) is 4.70. The molecular formula is C10H20FN. The number of alkyl halides is 1. The lowest BCUT2D eigenvalue weighted by Gasteiger charge is -2.53. The van der Waals surface area contributed by atoms with E-state index in [-0.39, 0.29) is 5.54 Å². The average molecular weight is 173 g/mol. The Hall–Kier alpha value is -0.110. The van der Waals surface area contributed by atoms with Crippen LogP contribution in [0.25, 0.3) is 0 Å². The molecule has 2 heteroatoms. The molecule has 1 aliphatic heterocycles. The fourth-order valence-electron chi connectivity index (χ4n) is 1.52. The predicted octanol–water partition coefficient (Wildman–Crippen LogP) is 2.46. The number of nitrogens with zero attached hydrogens (tertiary/aromatic N) is 1. The van der Waals surface area contributed by atoms with E-state index in [4.69, 9.17) is 0 Å². The number of halogens is 1. The van der Waals surface area contributed by atoms with Crippen LogP contribution in [0.2, 0.25) is 0 Å². The Morgan fingerprint density at radius 1 is 1.33 bits per heavy atom. The highest BCUT2D eigenvalue weighted by Gasteiger charge is 2.46. The maximum Gasteiger partial charge on any atom is 0.133 e. The summed E-state index contributed by atoms with van der Waals surface area (Å²) in [5, 5.41) is 0. The van der Waals surface area contributed by atoms with Gasteiger partial charge in [-0.3, -0.25) is 4.90 Å². The van der Waals surface area contributed by atoms with Crippen molar-refractivity contribution < 1.29 is 4.39 Å². The molecule has 0 saturated carbocycles. The zero-order valence-corrected chi connectivity index (χ0v) is 8.82. The van der Waals surface area contributed by atoms with E-state index < -0.39 is 5.67 Å². The highest BCUT2D eigenvalue weighted by atomic mass is 19.1.